The van der Waals surface area contributed by atoms with Crippen LogP contribution in [-0.2, 0) is 0 Å². The highest BCUT2D eigenvalue weighted by atomic mass is 32.1. The van der Waals surface area contributed by atoms with Crippen LogP contribution in [0.3, 0.4) is 0 Å². The fourth-order valence-electron chi connectivity index (χ4n) is 8.33. The zero-order valence-corrected chi connectivity index (χ0v) is 30.7. The number of aromatic nitrogens is 1. The van der Waals surface area contributed by atoms with E-state index in [-0.39, 0.29) is 0 Å². The quantitative estimate of drug-likeness (QED) is 0.181. The molecule has 0 aliphatic heterocycles. The lowest BCUT2D eigenvalue weighted by molar-refractivity contribution is 1.18. The number of rotatable bonds is 6. The predicted molar refractivity (Wildman–Crippen MR) is 237 cm³/mol. The van der Waals surface area contributed by atoms with Crippen LogP contribution >= 0.6 is 11.3 Å². The molecule has 0 amide bonds. The van der Waals surface area contributed by atoms with Crippen molar-refractivity contribution in [3.63, 3.8) is 0 Å². The van der Waals surface area contributed by atoms with Crippen molar-refractivity contribution in [3.8, 4) is 39.1 Å². The van der Waals surface area contributed by atoms with Gasteiger partial charge in [0.15, 0.2) is 0 Å². The molecule has 0 fully saturated rings. The molecular weight excluding hydrogens is 685 g/mol. The molecule has 1 N–H and O–H groups in total. The first-order chi connectivity index (χ1) is 27.2. The minimum absolute atomic E-state index is 1.06. The molecule has 11 rings (SSSR count). The van der Waals surface area contributed by atoms with Gasteiger partial charge in [-0.05, 0) is 93.9 Å². The van der Waals surface area contributed by atoms with E-state index in [0.717, 1.165) is 28.2 Å². The lowest BCUT2D eigenvalue weighted by Crippen LogP contribution is -1.97. The summed E-state index contributed by atoms with van der Waals surface area (Å²) in [5.74, 6) is 0. The van der Waals surface area contributed by atoms with E-state index in [1.54, 1.807) is 0 Å². The molecule has 0 unspecified atom stereocenters. The number of para-hydroxylation sites is 2. The van der Waals surface area contributed by atoms with Gasteiger partial charge in [-0.2, -0.15) is 0 Å². The van der Waals surface area contributed by atoms with Gasteiger partial charge >= 0.3 is 0 Å². The van der Waals surface area contributed by atoms with Crippen molar-refractivity contribution >= 4 is 75.5 Å². The molecule has 0 atom stereocenters. The molecule has 11 aromatic rings. The monoisotopic (exact) mass is 718 g/mol. The first-order valence-electron chi connectivity index (χ1n) is 18.8. The Morgan fingerprint density at radius 1 is 0.345 bits per heavy atom. The summed E-state index contributed by atoms with van der Waals surface area (Å²) in [7, 11) is 0. The van der Waals surface area contributed by atoms with Crippen molar-refractivity contribution < 1.29 is 0 Å². The third-order valence-corrected chi connectivity index (χ3v) is 12.1. The summed E-state index contributed by atoms with van der Waals surface area (Å²) in [6.45, 7) is 0. The number of anilines is 2. The van der Waals surface area contributed by atoms with Crippen LogP contribution in [0.5, 0.6) is 0 Å². The van der Waals surface area contributed by atoms with Crippen LogP contribution in [0, 0.1) is 0 Å². The summed E-state index contributed by atoms with van der Waals surface area (Å²) in [5, 5.41) is 11.5. The second-order valence-electron chi connectivity index (χ2n) is 14.2. The molecular formula is C52H34N2S. The van der Waals surface area contributed by atoms with Crippen LogP contribution in [0.4, 0.5) is 11.4 Å². The topological polar surface area (TPSA) is 17.0 Å². The van der Waals surface area contributed by atoms with Gasteiger partial charge in [0.2, 0.25) is 0 Å². The van der Waals surface area contributed by atoms with E-state index in [9.17, 15) is 0 Å². The predicted octanol–water partition coefficient (Wildman–Crippen LogP) is 15.0. The van der Waals surface area contributed by atoms with E-state index in [2.05, 4.69) is 210 Å². The summed E-state index contributed by atoms with van der Waals surface area (Å²) in [4.78, 5) is 0. The first-order valence-corrected chi connectivity index (χ1v) is 19.6. The smallest absolute Gasteiger partial charge is 0.0547 e. The molecule has 2 aromatic heterocycles. The van der Waals surface area contributed by atoms with Gasteiger partial charge in [-0.25, -0.2) is 0 Å². The maximum Gasteiger partial charge on any atom is 0.0547 e. The maximum absolute atomic E-state index is 3.99. The fraction of sp³-hybridized carbons (Fsp3) is 0. The molecule has 0 radical (unpaired) electrons. The van der Waals surface area contributed by atoms with Gasteiger partial charge in [-0.15, -0.1) is 11.3 Å². The minimum Gasteiger partial charge on any atom is -0.354 e. The van der Waals surface area contributed by atoms with E-state index >= 15 is 0 Å². The van der Waals surface area contributed by atoms with E-state index < -0.39 is 0 Å². The first kappa shape index (κ1) is 31.6. The number of hydrogen-bond donors (Lipinski definition) is 1. The van der Waals surface area contributed by atoms with E-state index in [4.69, 9.17) is 0 Å². The highest BCUT2D eigenvalue weighted by molar-refractivity contribution is 7.25. The van der Waals surface area contributed by atoms with Crippen LogP contribution in [0.25, 0.3) is 91.8 Å². The molecule has 55 heavy (non-hydrogen) atoms. The highest BCUT2D eigenvalue weighted by Crippen LogP contribution is 2.42. The molecule has 3 heteroatoms. The molecule has 0 aliphatic carbocycles. The largest absolute Gasteiger partial charge is 0.354 e. The van der Waals surface area contributed by atoms with Gasteiger partial charge in [0.05, 0.1) is 11.0 Å². The number of benzene rings is 9. The number of hydrogen-bond acceptors (Lipinski definition) is 2. The second-order valence-corrected chi connectivity index (χ2v) is 15.3. The zero-order chi connectivity index (χ0) is 36.3. The Balaban J connectivity index is 1.07. The lowest BCUT2D eigenvalue weighted by Gasteiger charge is -2.18. The van der Waals surface area contributed by atoms with E-state index in [1.165, 1.54) is 75.0 Å². The van der Waals surface area contributed by atoms with Gasteiger partial charge in [-0.3, -0.25) is 0 Å². The number of nitrogens with zero attached hydrogens (tertiary/aromatic N) is 1. The Kier molecular flexibility index (Phi) is 7.39. The number of nitrogens with one attached hydrogen (secondary N) is 1. The Morgan fingerprint density at radius 3 is 1.84 bits per heavy atom. The highest BCUT2D eigenvalue weighted by Gasteiger charge is 2.16. The number of thiophene rings is 1. The zero-order valence-electron chi connectivity index (χ0n) is 29.9. The van der Waals surface area contributed by atoms with E-state index in [1.807, 2.05) is 11.3 Å². The fourth-order valence-corrected chi connectivity index (χ4v) is 9.42. The van der Waals surface area contributed by atoms with Crippen LogP contribution in [0.1, 0.15) is 0 Å². The Labute approximate surface area is 323 Å². The van der Waals surface area contributed by atoms with Gasteiger partial charge < -0.3 is 9.88 Å². The standard InChI is InChI=1S/C52H34N2S/c1-3-13-34(14-4-1)42-26-23-36(37-24-27-44-43-19-9-11-21-49(43)54(50(44)33-37)40-16-5-2-6-17-40)31-47(42)53-48-32-39(29-38-15-7-8-18-41(38)48)35-25-28-52-46(30-35)45-20-10-12-22-51(45)55-52/h1-33,53H. The summed E-state index contributed by atoms with van der Waals surface area (Å²) >= 11 is 1.86. The Bertz CT molecular complexity index is 3230. The van der Waals surface area contributed by atoms with Crippen molar-refractivity contribution in [1.29, 1.82) is 0 Å². The lowest BCUT2D eigenvalue weighted by atomic mass is 9.96. The average Bonchev–Trinajstić information content (AvgIpc) is 3.79. The molecule has 9 aromatic carbocycles. The molecule has 0 spiro atoms. The van der Waals surface area contributed by atoms with Crippen LogP contribution in [0.2, 0.25) is 0 Å². The van der Waals surface area contributed by atoms with Gasteiger partial charge in [0.25, 0.3) is 0 Å². The average molecular weight is 719 g/mol. The van der Waals surface area contributed by atoms with Gasteiger partial charge in [0, 0.05) is 59.0 Å². The van der Waals surface area contributed by atoms with E-state index in [0.29, 0.717) is 0 Å². The molecule has 2 nitrogen and oxygen atoms in total. The molecule has 0 saturated heterocycles. The molecule has 258 valence electrons. The van der Waals surface area contributed by atoms with Crippen molar-refractivity contribution in [3.05, 3.63) is 200 Å². The third-order valence-electron chi connectivity index (χ3n) is 11.0. The Hall–Kier alpha value is -6.94. The van der Waals surface area contributed by atoms with Crippen molar-refractivity contribution in [1.82, 2.24) is 4.57 Å². The third kappa shape index (κ3) is 5.40. The molecule has 2 heterocycles. The van der Waals surface area contributed by atoms with Crippen LogP contribution in [-0.4, -0.2) is 4.57 Å². The van der Waals surface area contributed by atoms with Crippen molar-refractivity contribution in [2.75, 3.05) is 5.32 Å². The van der Waals surface area contributed by atoms with Gasteiger partial charge in [0.1, 0.15) is 0 Å². The van der Waals surface area contributed by atoms with Crippen molar-refractivity contribution in [2.45, 2.75) is 0 Å². The summed E-state index contributed by atoms with van der Waals surface area (Å²) in [5.41, 5.74) is 12.8. The normalized spacial score (nSPS) is 11.6. The van der Waals surface area contributed by atoms with Crippen LogP contribution < -0.4 is 5.32 Å². The molecule has 0 aliphatic rings. The SMILES string of the molecule is c1ccc(-c2ccc(-c3ccc4c5ccccc5n(-c5ccccc5)c4c3)cc2Nc2cc(-c3ccc4sc5ccccc5c4c3)cc3ccccc23)cc1. The van der Waals surface area contributed by atoms with Gasteiger partial charge in [-0.1, -0.05) is 140 Å². The minimum atomic E-state index is 1.06. The second kappa shape index (κ2) is 12.9. The van der Waals surface area contributed by atoms with Crippen molar-refractivity contribution in [2.24, 2.45) is 0 Å². The Morgan fingerprint density at radius 2 is 0.964 bits per heavy atom. The summed E-state index contributed by atoms with van der Waals surface area (Å²) < 4.78 is 5.03. The summed E-state index contributed by atoms with van der Waals surface area (Å²) in [6.07, 6.45) is 0. The molecule has 0 bridgehead atoms. The maximum atomic E-state index is 3.99. The molecule has 0 saturated carbocycles. The van der Waals surface area contributed by atoms with Crippen LogP contribution in [0.15, 0.2) is 200 Å². The summed E-state index contributed by atoms with van der Waals surface area (Å²) in [6, 6.07) is 72.8. The number of fused-ring (bicyclic) bond motifs is 7.